The average Bonchev–Trinajstić information content (AvgIpc) is 1.81. The Balaban J connectivity index is 2.56. The minimum atomic E-state index is -0.946. The van der Waals surface area contributed by atoms with Crippen LogP contribution in [0.3, 0.4) is 0 Å². The van der Waals surface area contributed by atoms with Crippen molar-refractivity contribution in [2.75, 3.05) is 7.11 Å². The summed E-state index contributed by atoms with van der Waals surface area (Å²) < 4.78 is 4.48. The molecule has 0 aliphatic heterocycles. The predicted molar refractivity (Wildman–Crippen MR) is 38.8 cm³/mol. The largest absolute Gasteiger partial charge is 0.468 e. The van der Waals surface area contributed by atoms with Crippen molar-refractivity contribution < 1.29 is 14.6 Å². The standard InChI is InChI=1S/C7H13NO3/c1-6(10)3-7(8,4-6)5(9)11-2/h10H,3-4,8H2,1-2H3. The summed E-state index contributed by atoms with van der Waals surface area (Å²) in [6, 6.07) is 0. The van der Waals surface area contributed by atoms with Gasteiger partial charge in [0, 0.05) is 12.8 Å². The molecule has 0 spiro atoms. The van der Waals surface area contributed by atoms with Crippen molar-refractivity contribution >= 4 is 5.97 Å². The summed E-state index contributed by atoms with van der Waals surface area (Å²) >= 11 is 0. The van der Waals surface area contributed by atoms with Crippen LogP contribution < -0.4 is 5.73 Å². The van der Waals surface area contributed by atoms with Crippen LogP contribution in [-0.2, 0) is 9.53 Å². The zero-order valence-electron chi connectivity index (χ0n) is 6.76. The van der Waals surface area contributed by atoms with Gasteiger partial charge >= 0.3 is 5.97 Å². The number of hydrogen-bond acceptors (Lipinski definition) is 4. The van der Waals surface area contributed by atoms with Gasteiger partial charge in [-0.15, -0.1) is 0 Å². The first kappa shape index (κ1) is 8.49. The van der Waals surface area contributed by atoms with Crippen LogP contribution in [0.5, 0.6) is 0 Å². The van der Waals surface area contributed by atoms with Crippen LogP contribution in [0.4, 0.5) is 0 Å². The minimum Gasteiger partial charge on any atom is -0.468 e. The zero-order chi connectivity index (χ0) is 8.70. The first-order valence-electron chi connectivity index (χ1n) is 3.49. The third-order valence-corrected chi connectivity index (χ3v) is 1.98. The maximum absolute atomic E-state index is 10.9. The maximum Gasteiger partial charge on any atom is 0.326 e. The van der Waals surface area contributed by atoms with Crippen molar-refractivity contribution in [2.45, 2.75) is 30.9 Å². The van der Waals surface area contributed by atoms with Gasteiger partial charge in [-0.25, -0.2) is 0 Å². The fourth-order valence-electron chi connectivity index (χ4n) is 1.65. The third-order valence-electron chi connectivity index (χ3n) is 1.98. The number of nitrogens with two attached hydrogens (primary N) is 1. The number of esters is 1. The van der Waals surface area contributed by atoms with Crippen LogP contribution in [0, 0.1) is 0 Å². The molecule has 0 aromatic carbocycles. The van der Waals surface area contributed by atoms with Crippen LogP contribution in [0.25, 0.3) is 0 Å². The molecule has 1 fully saturated rings. The number of aliphatic hydroxyl groups is 1. The van der Waals surface area contributed by atoms with Gasteiger partial charge in [0.15, 0.2) is 0 Å². The van der Waals surface area contributed by atoms with Crippen molar-refractivity contribution in [1.29, 1.82) is 0 Å². The summed E-state index contributed by atoms with van der Waals surface area (Å²) in [4.78, 5) is 10.9. The van der Waals surface area contributed by atoms with Gasteiger partial charge < -0.3 is 15.6 Å². The smallest absolute Gasteiger partial charge is 0.326 e. The van der Waals surface area contributed by atoms with Crippen molar-refractivity contribution in [3.8, 4) is 0 Å². The topological polar surface area (TPSA) is 72.5 Å². The van der Waals surface area contributed by atoms with E-state index in [0.717, 1.165) is 0 Å². The second kappa shape index (κ2) is 2.19. The highest BCUT2D eigenvalue weighted by molar-refractivity contribution is 5.82. The van der Waals surface area contributed by atoms with Crippen molar-refractivity contribution in [3.05, 3.63) is 0 Å². The molecule has 0 aromatic rings. The van der Waals surface area contributed by atoms with Gasteiger partial charge in [0.1, 0.15) is 5.54 Å². The molecule has 0 atom stereocenters. The molecule has 0 amide bonds. The zero-order valence-corrected chi connectivity index (χ0v) is 6.76. The van der Waals surface area contributed by atoms with E-state index in [-0.39, 0.29) is 12.8 Å². The van der Waals surface area contributed by atoms with Gasteiger partial charge in [-0.1, -0.05) is 0 Å². The van der Waals surface area contributed by atoms with Crippen molar-refractivity contribution in [3.63, 3.8) is 0 Å². The molecule has 1 aliphatic carbocycles. The number of carbonyl (C=O) groups excluding carboxylic acids is 1. The number of rotatable bonds is 1. The Hall–Kier alpha value is -0.610. The molecule has 0 unspecified atom stereocenters. The van der Waals surface area contributed by atoms with Gasteiger partial charge in [-0.3, -0.25) is 4.79 Å². The van der Waals surface area contributed by atoms with E-state index in [9.17, 15) is 9.90 Å². The Bertz CT molecular complexity index is 180. The average molecular weight is 159 g/mol. The second-order valence-corrected chi connectivity index (χ2v) is 3.50. The first-order chi connectivity index (χ1) is 4.90. The Morgan fingerprint density at radius 1 is 1.64 bits per heavy atom. The number of hydrogen-bond donors (Lipinski definition) is 2. The summed E-state index contributed by atoms with van der Waals surface area (Å²) in [7, 11) is 1.30. The van der Waals surface area contributed by atoms with Crippen molar-refractivity contribution in [2.24, 2.45) is 5.73 Å². The van der Waals surface area contributed by atoms with Crippen LogP contribution in [0.15, 0.2) is 0 Å². The van der Waals surface area contributed by atoms with E-state index in [0.29, 0.717) is 0 Å². The predicted octanol–water partition coefficient (Wildman–Crippen LogP) is -0.598. The summed E-state index contributed by atoms with van der Waals surface area (Å²) in [5, 5.41) is 9.31. The second-order valence-electron chi connectivity index (χ2n) is 3.50. The third kappa shape index (κ3) is 1.36. The number of methoxy groups -OCH3 is 1. The van der Waals surface area contributed by atoms with Crippen molar-refractivity contribution in [1.82, 2.24) is 0 Å². The lowest BCUT2D eigenvalue weighted by Gasteiger charge is -2.46. The van der Waals surface area contributed by atoms with Gasteiger partial charge in [0.25, 0.3) is 0 Å². The summed E-state index contributed by atoms with van der Waals surface area (Å²) in [5.74, 6) is -0.441. The monoisotopic (exact) mass is 159 g/mol. The lowest BCUT2D eigenvalue weighted by molar-refractivity contribution is -0.163. The Labute approximate surface area is 65.3 Å². The molecule has 4 heteroatoms. The summed E-state index contributed by atoms with van der Waals surface area (Å²) in [6.07, 6.45) is 0.569. The molecule has 0 heterocycles. The minimum absolute atomic E-state index is 0.284. The fourth-order valence-corrected chi connectivity index (χ4v) is 1.65. The van der Waals surface area contributed by atoms with E-state index in [1.54, 1.807) is 6.92 Å². The molecule has 0 radical (unpaired) electrons. The highest BCUT2D eigenvalue weighted by atomic mass is 16.5. The number of ether oxygens (including phenoxy) is 1. The highest BCUT2D eigenvalue weighted by Gasteiger charge is 2.54. The van der Waals surface area contributed by atoms with E-state index in [2.05, 4.69) is 4.74 Å². The molecule has 1 saturated carbocycles. The molecule has 3 N–H and O–H groups in total. The van der Waals surface area contributed by atoms with E-state index >= 15 is 0 Å². The summed E-state index contributed by atoms with van der Waals surface area (Å²) in [5.41, 5.74) is 3.86. The quantitative estimate of drug-likeness (QED) is 0.501. The highest BCUT2D eigenvalue weighted by Crippen LogP contribution is 2.39. The Morgan fingerprint density at radius 2 is 2.09 bits per heavy atom. The van der Waals surface area contributed by atoms with E-state index in [1.807, 2.05) is 0 Å². The van der Waals surface area contributed by atoms with Gasteiger partial charge in [-0.2, -0.15) is 0 Å². The van der Waals surface area contributed by atoms with E-state index in [1.165, 1.54) is 7.11 Å². The number of carbonyl (C=O) groups is 1. The molecule has 0 saturated heterocycles. The SMILES string of the molecule is COC(=O)C1(N)CC(C)(O)C1. The van der Waals surface area contributed by atoms with E-state index < -0.39 is 17.1 Å². The lowest BCUT2D eigenvalue weighted by Crippen LogP contribution is -2.65. The Morgan fingerprint density at radius 3 is 2.36 bits per heavy atom. The fraction of sp³-hybridized carbons (Fsp3) is 0.857. The molecule has 64 valence electrons. The molecule has 1 rings (SSSR count). The molecular formula is C7H13NO3. The van der Waals surface area contributed by atoms with Gasteiger partial charge in [0.2, 0.25) is 0 Å². The van der Waals surface area contributed by atoms with Gasteiger partial charge in [0.05, 0.1) is 12.7 Å². The maximum atomic E-state index is 10.9. The Kier molecular flexibility index (Phi) is 1.69. The molecule has 4 nitrogen and oxygen atoms in total. The molecule has 0 aromatic heterocycles. The molecule has 11 heavy (non-hydrogen) atoms. The van der Waals surface area contributed by atoms with E-state index in [4.69, 9.17) is 5.73 Å². The molecular weight excluding hydrogens is 146 g/mol. The summed E-state index contributed by atoms with van der Waals surface area (Å²) in [6.45, 7) is 1.65. The van der Waals surface area contributed by atoms with Crippen LogP contribution in [0.2, 0.25) is 0 Å². The van der Waals surface area contributed by atoms with Crippen LogP contribution >= 0.6 is 0 Å². The first-order valence-corrected chi connectivity index (χ1v) is 3.49. The normalized spacial score (nSPS) is 42.9. The van der Waals surface area contributed by atoms with Crippen LogP contribution in [0.1, 0.15) is 19.8 Å². The lowest BCUT2D eigenvalue weighted by atomic mass is 9.66. The van der Waals surface area contributed by atoms with Crippen LogP contribution in [-0.4, -0.2) is 29.3 Å². The van der Waals surface area contributed by atoms with Gasteiger partial charge in [-0.05, 0) is 6.92 Å². The molecule has 0 bridgehead atoms. The molecule has 1 aliphatic rings.